The normalized spacial score (nSPS) is 11.6. The van der Waals surface area contributed by atoms with Crippen molar-refractivity contribution >= 4 is 22.0 Å². The minimum atomic E-state index is 0.530. The van der Waals surface area contributed by atoms with Gasteiger partial charge in [-0.1, -0.05) is 37.3 Å². The zero-order valence-corrected chi connectivity index (χ0v) is 12.6. The van der Waals surface area contributed by atoms with Crippen LogP contribution in [0.5, 0.6) is 0 Å². The summed E-state index contributed by atoms with van der Waals surface area (Å²) >= 11 is 1.54. The second-order valence-electron chi connectivity index (χ2n) is 5.39. The van der Waals surface area contributed by atoms with Crippen LogP contribution in [0.2, 0.25) is 0 Å². The molecule has 0 amide bonds. The summed E-state index contributed by atoms with van der Waals surface area (Å²) in [5.41, 5.74) is 8.86. The van der Waals surface area contributed by atoms with Crippen molar-refractivity contribution in [3.63, 3.8) is 0 Å². The summed E-state index contributed by atoms with van der Waals surface area (Å²) in [5.74, 6) is 1.44. The lowest BCUT2D eigenvalue weighted by Crippen LogP contribution is -2.01. The van der Waals surface area contributed by atoms with Crippen LogP contribution in [0.15, 0.2) is 18.2 Å². The van der Waals surface area contributed by atoms with Gasteiger partial charge in [0.15, 0.2) is 5.82 Å². The molecule has 0 spiro atoms. The molecular formula is C14H17N5S. The van der Waals surface area contributed by atoms with Crippen LogP contribution < -0.4 is 5.73 Å². The molecule has 0 atom stereocenters. The maximum absolute atomic E-state index is 5.97. The molecule has 0 saturated heterocycles. The second kappa shape index (κ2) is 4.86. The zero-order valence-electron chi connectivity index (χ0n) is 11.8. The highest BCUT2D eigenvalue weighted by atomic mass is 32.1. The monoisotopic (exact) mass is 287 g/mol. The standard InChI is InChI=1S/C14H17N5S/c1-8(2)6-12-16-17-14-19(12)18-13(20-14)10-5-4-9(3)11(15)7-10/h4-5,7-8H,6,15H2,1-3H3. The zero-order chi connectivity index (χ0) is 14.3. The first-order valence-electron chi connectivity index (χ1n) is 6.62. The van der Waals surface area contributed by atoms with Gasteiger partial charge in [0.1, 0.15) is 5.01 Å². The van der Waals surface area contributed by atoms with Crippen LogP contribution in [0.25, 0.3) is 15.5 Å². The number of hydrogen-bond acceptors (Lipinski definition) is 5. The molecule has 0 saturated carbocycles. The fraction of sp³-hybridized carbons (Fsp3) is 0.357. The fourth-order valence-corrected chi connectivity index (χ4v) is 2.89. The first kappa shape index (κ1) is 13.1. The maximum atomic E-state index is 5.97. The van der Waals surface area contributed by atoms with Crippen molar-refractivity contribution in [2.75, 3.05) is 5.73 Å². The Labute approximate surface area is 121 Å². The average molecular weight is 287 g/mol. The molecule has 0 radical (unpaired) electrons. The molecular weight excluding hydrogens is 270 g/mol. The smallest absolute Gasteiger partial charge is 0.234 e. The summed E-state index contributed by atoms with van der Waals surface area (Å²) in [4.78, 5) is 0.829. The lowest BCUT2D eigenvalue weighted by Gasteiger charge is -2.02. The van der Waals surface area contributed by atoms with Crippen LogP contribution in [0, 0.1) is 12.8 Å². The summed E-state index contributed by atoms with van der Waals surface area (Å²) in [6.07, 6.45) is 0.875. The number of hydrogen-bond donors (Lipinski definition) is 1. The summed E-state index contributed by atoms with van der Waals surface area (Å²) in [7, 11) is 0. The van der Waals surface area contributed by atoms with Crippen molar-refractivity contribution < 1.29 is 0 Å². The summed E-state index contributed by atoms with van der Waals surface area (Å²) in [6, 6.07) is 6.02. The minimum Gasteiger partial charge on any atom is -0.398 e. The highest BCUT2D eigenvalue weighted by molar-refractivity contribution is 7.19. The number of nitrogens with zero attached hydrogens (tertiary/aromatic N) is 4. The summed E-state index contributed by atoms with van der Waals surface area (Å²) < 4.78 is 1.84. The Morgan fingerprint density at radius 2 is 2.10 bits per heavy atom. The van der Waals surface area contributed by atoms with Crippen LogP contribution in [0.1, 0.15) is 25.2 Å². The molecule has 0 aliphatic heterocycles. The van der Waals surface area contributed by atoms with E-state index in [4.69, 9.17) is 5.73 Å². The van der Waals surface area contributed by atoms with Gasteiger partial charge in [-0.3, -0.25) is 0 Å². The van der Waals surface area contributed by atoms with Gasteiger partial charge in [-0.15, -0.1) is 10.2 Å². The van der Waals surface area contributed by atoms with Crippen molar-refractivity contribution in [3.8, 4) is 10.6 Å². The van der Waals surface area contributed by atoms with E-state index >= 15 is 0 Å². The highest BCUT2D eigenvalue weighted by Gasteiger charge is 2.14. The quantitative estimate of drug-likeness (QED) is 0.752. The Bertz CT molecular complexity index is 756. The Morgan fingerprint density at radius 3 is 2.80 bits per heavy atom. The molecule has 3 aromatic rings. The van der Waals surface area contributed by atoms with Crippen molar-refractivity contribution in [3.05, 3.63) is 29.6 Å². The molecule has 3 rings (SSSR count). The van der Waals surface area contributed by atoms with Crippen LogP contribution in [0.3, 0.4) is 0 Å². The van der Waals surface area contributed by atoms with Gasteiger partial charge >= 0.3 is 0 Å². The highest BCUT2D eigenvalue weighted by Crippen LogP contribution is 2.28. The maximum Gasteiger partial charge on any atom is 0.234 e. The van der Waals surface area contributed by atoms with Gasteiger partial charge in [-0.25, -0.2) is 0 Å². The molecule has 0 aliphatic rings. The average Bonchev–Trinajstić information content (AvgIpc) is 2.94. The number of anilines is 1. The van der Waals surface area contributed by atoms with Crippen molar-refractivity contribution in [2.45, 2.75) is 27.2 Å². The predicted molar refractivity (Wildman–Crippen MR) is 81.8 cm³/mol. The van der Waals surface area contributed by atoms with Crippen molar-refractivity contribution in [1.82, 2.24) is 19.8 Å². The van der Waals surface area contributed by atoms with Crippen LogP contribution in [-0.4, -0.2) is 19.8 Å². The van der Waals surface area contributed by atoms with E-state index in [1.165, 1.54) is 11.3 Å². The lowest BCUT2D eigenvalue weighted by atomic mass is 10.1. The van der Waals surface area contributed by atoms with Crippen LogP contribution in [0.4, 0.5) is 5.69 Å². The van der Waals surface area contributed by atoms with E-state index in [0.29, 0.717) is 5.92 Å². The Morgan fingerprint density at radius 1 is 1.30 bits per heavy atom. The number of nitrogens with two attached hydrogens (primary N) is 1. The molecule has 2 heterocycles. The van der Waals surface area contributed by atoms with E-state index in [9.17, 15) is 0 Å². The molecule has 5 nitrogen and oxygen atoms in total. The van der Waals surface area contributed by atoms with Gasteiger partial charge in [-0.2, -0.15) is 9.61 Å². The van der Waals surface area contributed by atoms with Crippen molar-refractivity contribution in [2.24, 2.45) is 5.92 Å². The van der Waals surface area contributed by atoms with Gasteiger partial charge in [-0.05, 0) is 24.5 Å². The first-order chi connectivity index (χ1) is 9.54. The number of aryl methyl sites for hydroxylation is 1. The van der Waals surface area contributed by atoms with Gasteiger partial charge in [0.2, 0.25) is 4.96 Å². The van der Waals surface area contributed by atoms with E-state index in [1.54, 1.807) is 0 Å². The van der Waals surface area contributed by atoms with E-state index in [0.717, 1.165) is 39.0 Å². The molecule has 6 heteroatoms. The minimum absolute atomic E-state index is 0.530. The van der Waals surface area contributed by atoms with Crippen molar-refractivity contribution in [1.29, 1.82) is 0 Å². The number of aromatic nitrogens is 4. The second-order valence-corrected chi connectivity index (χ2v) is 6.34. The first-order valence-corrected chi connectivity index (χ1v) is 7.44. The summed E-state index contributed by atoms with van der Waals surface area (Å²) in [5, 5.41) is 13.9. The third-order valence-electron chi connectivity index (χ3n) is 3.17. The van der Waals surface area contributed by atoms with Gasteiger partial charge in [0.05, 0.1) is 0 Å². The number of nitrogen functional groups attached to an aromatic ring is 1. The van der Waals surface area contributed by atoms with E-state index in [-0.39, 0.29) is 0 Å². The number of benzene rings is 1. The van der Waals surface area contributed by atoms with Gasteiger partial charge < -0.3 is 5.73 Å². The van der Waals surface area contributed by atoms with Gasteiger partial charge in [0.25, 0.3) is 0 Å². The molecule has 0 unspecified atom stereocenters. The van der Waals surface area contributed by atoms with Gasteiger partial charge in [0, 0.05) is 17.7 Å². The van der Waals surface area contributed by atoms with E-state index in [1.807, 2.05) is 29.6 Å². The SMILES string of the molecule is Cc1ccc(-c2nn3c(CC(C)C)nnc3s2)cc1N. The van der Waals surface area contributed by atoms with Crippen LogP contribution >= 0.6 is 11.3 Å². The molecule has 0 fully saturated rings. The molecule has 2 N–H and O–H groups in total. The predicted octanol–water partition coefficient (Wildman–Crippen LogP) is 2.94. The summed E-state index contributed by atoms with van der Waals surface area (Å²) in [6.45, 7) is 6.32. The Balaban J connectivity index is 2.04. The van der Waals surface area contributed by atoms with Crippen LogP contribution in [-0.2, 0) is 6.42 Å². The Hall–Kier alpha value is -1.95. The third-order valence-corrected chi connectivity index (χ3v) is 4.12. The molecule has 2 aromatic heterocycles. The molecule has 20 heavy (non-hydrogen) atoms. The van der Waals surface area contributed by atoms with E-state index < -0.39 is 0 Å². The number of rotatable bonds is 3. The molecule has 0 bridgehead atoms. The number of fused-ring (bicyclic) bond motifs is 1. The van der Waals surface area contributed by atoms with E-state index in [2.05, 4.69) is 29.1 Å². The molecule has 0 aliphatic carbocycles. The topological polar surface area (TPSA) is 69.1 Å². The Kier molecular flexibility index (Phi) is 3.17. The lowest BCUT2D eigenvalue weighted by molar-refractivity contribution is 0.607. The molecule has 1 aromatic carbocycles. The third kappa shape index (κ3) is 2.27. The fourth-order valence-electron chi connectivity index (χ4n) is 2.04. The largest absolute Gasteiger partial charge is 0.398 e. The molecule has 104 valence electrons.